The Morgan fingerprint density at radius 2 is 1.73 bits per heavy atom. The third kappa shape index (κ3) is 6.71. The minimum atomic E-state index is -0.691. The molecule has 196 valence electrons. The van der Waals surface area contributed by atoms with E-state index in [1.54, 1.807) is 12.5 Å². The molecule has 1 aliphatic heterocycles. The molecule has 1 fully saturated rings. The van der Waals surface area contributed by atoms with E-state index in [4.69, 9.17) is 18.1 Å². The highest BCUT2D eigenvalue weighted by Gasteiger charge is 2.27. The SMILES string of the molecule is CC1CCN(c2onc(-c3ccccc3)c2CN(Cc2ccco2)CC(O)COCc2ccco2)CC1. The maximum absolute atomic E-state index is 10.9. The number of ether oxygens (including phenoxy) is 1. The first-order chi connectivity index (χ1) is 18.2. The lowest BCUT2D eigenvalue weighted by molar-refractivity contribution is 0.00164. The third-order valence-corrected chi connectivity index (χ3v) is 6.83. The van der Waals surface area contributed by atoms with Crippen molar-refractivity contribution in [1.82, 2.24) is 10.1 Å². The van der Waals surface area contributed by atoms with Crippen LogP contribution in [0.4, 0.5) is 5.88 Å². The number of anilines is 1. The van der Waals surface area contributed by atoms with Crippen molar-refractivity contribution in [3.8, 4) is 11.3 Å². The minimum Gasteiger partial charge on any atom is -0.468 e. The van der Waals surface area contributed by atoms with Crippen LogP contribution < -0.4 is 4.90 Å². The predicted octanol–water partition coefficient (Wildman–Crippen LogP) is 5.34. The van der Waals surface area contributed by atoms with E-state index < -0.39 is 6.10 Å². The van der Waals surface area contributed by atoms with Crippen LogP contribution in [0.15, 0.2) is 80.5 Å². The van der Waals surface area contributed by atoms with Crippen LogP contribution in [0.5, 0.6) is 0 Å². The van der Waals surface area contributed by atoms with Crippen LogP contribution in [0.25, 0.3) is 11.3 Å². The van der Waals surface area contributed by atoms with Gasteiger partial charge in [0.1, 0.15) is 23.8 Å². The Labute approximate surface area is 217 Å². The number of nitrogens with zero attached hydrogens (tertiary/aromatic N) is 3. The van der Waals surface area contributed by atoms with Crippen molar-refractivity contribution in [2.75, 3.05) is 31.1 Å². The van der Waals surface area contributed by atoms with Crippen LogP contribution in [0, 0.1) is 5.92 Å². The summed E-state index contributed by atoms with van der Waals surface area (Å²) in [5.41, 5.74) is 2.87. The van der Waals surface area contributed by atoms with Crippen molar-refractivity contribution < 1.29 is 23.2 Å². The van der Waals surface area contributed by atoms with Gasteiger partial charge in [0.2, 0.25) is 5.88 Å². The second-order valence-electron chi connectivity index (χ2n) is 9.85. The lowest BCUT2D eigenvalue weighted by Crippen LogP contribution is -2.36. The molecule has 1 saturated heterocycles. The van der Waals surface area contributed by atoms with Gasteiger partial charge in [-0.1, -0.05) is 42.4 Å². The van der Waals surface area contributed by atoms with Gasteiger partial charge >= 0.3 is 0 Å². The summed E-state index contributed by atoms with van der Waals surface area (Å²) in [6, 6.07) is 17.6. The largest absolute Gasteiger partial charge is 0.468 e. The fourth-order valence-corrected chi connectivity index (χ4v) is 4.80. The molecule has 0 amide bonds. The zero-order chi connectivity index (χ0) is 25.5. The molecule has 0 saturated carbocycles. The maximum Gasteiger partial charge on any atom is 0.232 e. The Kier molecular flexibility index (Phi) is 8.40. The number of benzene rings is 1. The molecule has 4 aromatic rings. The molecular weight excluding hydrogens is 470 g/mol. The molecule has 0 aliphatic carbocycles. The summed E-state index contributed by atoms with van der Waals surface area (Å²) in [5.74, 6) is 3.09. The van der Waals surface area contributed by atoms with Gasteiger partial charge in [0, 0.05) is 31.7 Å². The summed E-state index contributed by atoms with van der Waals surface area (Å²) in [6.07, 6.45) is 4.85. The normalized spacial score (nSPS) is 15.5. The second kappa shape index (κ2) is 12.3. The van der Waals surface area contributed by atoms with Gasteiger partial charge in [-0.15, -0.1) is 0 Å². The molecule has 1 atom stereocenters. The van der Waals surface area contributed by atoms with Crippen LogP contribution in [0.3, 0.4) is 0 Å². The second-order valence-corrected chi connectivity index (χ2v) is 9.85. The number of hydrogen-bond acceptors (Lipinski definition) is 8. The van der Waals surface area contributed by atoms with E-state index in [0.29, 0.717) is 32.2 Å². The highest BCUT2D eigenvalue weighted by molar-refractivity contribution is 5.68. The molecule has 1 aliphatic rings. The molecule has 8 heteroatoms. The Bertz CT molecular complexity index is 1180. The van der Waals surface area contributed by atoms with Crippen LogP contribution >= 0.6 is 0 Å². The molecular formula is C29H35N3O5. The van der Waals surface area contributed by atoms with Crippen LogP contribution in [0.2, 0.25) is 0 Å². The number of aliphatic hydroxyl groups excluding tert-OH is 1. The highest BCUT2D eigenvalue weighted by Crippen LogP contribution is 2.34. The molecule has 37 heavy (non-hydrogen) atoms. The summed E-state index contributed by atoms with van der Waals surface area (Å²) in [6.45, 7) is 6.19. The van der Waals surface area contributed by atoms with Gasteiger partial charge in [0.25, 0.3) is 0 Å². The van der Waals surface area contributed by atoms with Gasteiger partial charge in [-0.3, -0.25) is 4.90 Å². The Morgan fingerprint density at radius 3 is 2.43 bits per heavy atom. The Hall–Kier alpha value is -3.33. The number of aliphatic hydroxyl groups is 1. The van der Waals surface area contributed by atoms with Gasteiger partial charge in [0.15, 0.2) is 0 Å². The number of rotatable bonds is 12. The van der Waals surface area contributed by atoms with Crippen molar-refractivity contribution >= 4 is 5.88 Å². The van der Waals surface area contributed by atoms with Crippen molar-refractivity contribution in [3.05, 3.63) is 84.2 Å². The zero-order valence-electron chi connectivity index (χ0n) is 21.3. The van der Waals surface area contributed by atoms with Crippen molar-refractivity contribution in [3.63, 3.8) is 0 Å². The van der Waals surface area contributed by atoms with Crippen molar-refractivity contribution in [2.45, 2.75) is 45.6 Å². The molecule has 4 heterocycles. The van der Waals surface area contributed by atoms with E-state index in [1.165, 1.54) is 0 Å². The van der Waals surface area contributed by atoms with Crippen molar-refractivity contribution in [2.24, 2.45) is 5.92 Å². The lowest BCUT2D eigenvalue weighted by Gasteiger charge is -2.31. The zero-order valence-corrected chi connectivity index (χ0v) is 21.3. The number of furan rings is 2. The quantitative estimate of drug-likeness (QED) is 0.276. The van der Waals surface area contributed by atoms with E-state index in [-0.39, 0.29) is 6.61 Å². The van der Waals surface area contributed by atoms with Gasteiger partial charge in [0.05, 0.1) is 37.3 Å². The van der Waals surface area contributed by atoms with E-state index in [2.05, 4.69) is 34.0 Å². The summed E-state index contributed by atoms with van der Waals surface area (Å²) < 4.78 is 22.7. The van der Waals surface area contributed by atoms with Crippen LogP contribution in [0.1, 0.15) is 36.8 Å². The smallest absolute Gasteiger partial charge is 0.232 e. The molecule has 0 bridgehead atoms. The fraction of sp³-hybridized carbons (Fsp3) is 0.414. The summed E-state index contributed by atoms with van der Waals surface area (Å²) in [5, 5.41) is 15.4. The molecule has 1 aromatic carbocycles. The Morgan fingerprint density at radius 1 is 1.00 bits per heavy atom. The highest BCUT2D eigenvalue weighted by atomic mass is 16.5. The first-order valence-electron chi connectivity index (χ1n) is 13.0. The van der Waals surface area contributed by atoms with Gasteiger partial charge in [-0.2, -0.15) is 0 Å². The molecule has 3 aromatic heterocycles. The van der Waals surface area contributed by atoms with E-state index >= 15 is 0 Å². The molecule has 1 N–H and O–H groups in total. The number of hydrogen-bond donors (Lipinski definition) is 1. The molecule has 0 spiro atoms. The topological polar surface area (TPSA) is 88.3 Å². The third-order valence-electron chi connectivity index (χ3n) is 6.83. The van der Waals surface area contributed by atoms with Crippen LogP contribution in [-0.2, 0) is 24.4 Å². The predicted molar refractivity (Wildman–Crippen MR) is 140 cm³/mol. The summed E-state index contributed by atoms with van der Waals surface area (Å²) >= 11 is 0. The molecule has 5 rings (SSSR count). The molecule has 8 nitrogen and oxygen atoms in total. The minimum absolute atomic E-state index is 0.196. The average molecular weight is 506 g/mol. The monoisotopic (exact) mass is 505 g/mol. The lowest BCUT2D eigenvalue weighted by atomic mass is 9.98. The summed E-state index contributed by atoms with van der Waals surface area (Å²) in [7, 11) is 0. The first kappa shape index (κ1) is 25.3. The first-order valence-corrected chi connectivity index (χ1v) is 13.0. The van der Waals surface area contributed by atoms with Crippen LogP contribution in [-0.4, -0.2) is 47.5 Å². The standard InChI is InChI=1S/C29H35N3O5/c1-22-11-13-32(14-12-22)29-27(28(30-37-29)23-7-3-2-4-8-23)19-31(18-25-9-5-15-35-25)17-24(33)20-34-21-26-10-6-16-36-26/h2-10,15-16,22,24,33H,11-14,17-21H2,1H3. The summed E-state index contributed by atoms with van der Waals surface area (Å²) in [4.78, 5) is 4.47. The van der Waals surface area contributed by atoms with E-state index in [1.807, 2.05) is 42.5 Å². The fourth-order valence-electron chi connectivity index (χ4n) is 4.80. The average Bonchev–Trinajstić information content (AvgIpc) is 3.68. The number of aromatic nitrogens is 1. The maximum atomic E-state index is 10.9. The van der Waals surface area contributed by atoms with Gasteiger partial charge in [-0.05, 0) is 43.0 Å². The van der Waals surface area contributed by atoms with Gasteiger partial charge < -0.3 is 28.1 Å². The van der Waals surface area contributed by atoms with Crippen molar-refractivity contribution in [1.29, 1.82) is 0 Å². The molecule has 1 unspecified atom stereocenters. The van der Waals surface area contributed by atoms with E-state index in [9.17, 15) is 5.11 Å². The molecule has 0 radical (unpaired) electrons. The van der Waals surface area contributed by atoms with Gasteiger partial charge in [-0.25, -0.2) is 0 Å². The number of piperidine rings is 1. The van der Waals surface area contributed by atoms with E-state index in [0.717, 1.165) is 60.2 Å². The Balaban J connectivity index is 1.36.